The first-order chi connectivity index (χ1) is 13.8. The average Bonchev–Trinajstić information content (AvgIpc) is 3.14. The van der Waals surface area contributed by atoms with E-state index in [4.69, 9.17) is 9.40 Å². The highest BCUT2D eigenvalue weighted by Crippen LogP contribution is 2.46. The van der Waals surface area contributed by atoms with E-state index in [1.165, 1.54) is 54.9 Å². The molecule has 2 aromatic carbocycles. The Morgan fingerprint density at radius 1 is 0.893 bits per heavy atom. The standard InChI is InChI=1S/C26H25NO/c1-2-7-25-21(4-1)22-5-3-6-23(26(22)28-25)24-16-18(12-13-27-24)15-20-14-17-8-10-19(20)11-9-17/h1-7,12-13,16-17,19-20H,8-11,14-15H2. The summed E-state index contributed by atoms with van der Waals surface area (Å²) in [4.78, 5) is 4.71. The van der Waals surface area contributed by atoms with Crippen molar-refractivity contribution < 1.29 is 4.42 Å². The number of hydrogen-bond donors (Lipinski definition) is 0. The number of para-hydroxylation sites is 2. The fraction of sp³-hybridized carbons (Fsp3) is 0.346. The van der Waals surface area contributed by atoms with Crippen molar-refractivity contribution in [2.75, 3.05) is 0 Å². The molecule has 1 atom stereocenters. The van der Waals surface area contributed by atoms with E-state index in [-0.39, 0.29) is 0 Å². The molecule has 140 valence electrons. The van der Waals surface area contributed by atoms with Crippen LogP contribution in [0, 0.1) is 17.8 Å². The van der Waals surface area contributed by atoms with Gasteiger partial charge in [0.2, 0.25) is 0 Å². The van der Waals surface area contributed by atoms with Crippen molar-refractivity contribution >= 4 is 21.9 Å². The lowest BCUT2D eigenvalue weighted by Crippen LogP contribution is -2.32. The molecule has 3 aliphatic carbocycles. The van der Waals surface area contributed by atoms with Crippen LogP contribution < -0.4 is 0 Å². The topological polar surface area (TPSA) is 26.0 Å². The molecule has 28 heavy (non-hydrogen) atoms. The van der Waals surface area contributed by atoms with Crippen molar-refractivity contribution in [2.24, 2.45) is 17.8 Å². The van der Waals surface area contributed by atoms with Crippen LogP contribution >= 0.6 is 0 Å². The summed E-state index contributed by atoms with van der Waals surface area (Å²) in [5.74, 6) is 2.80. The second-order valence-corrected chi connectivity index (χ2v) is 8.81. The number of furan rings is 1. The molecule has 3 fully saturated rings. The second kappa shape index (κ2) is 6.48. The molecule has 2 aromatic heterocycles. The van der Waals surface area contributed by atoms with E-state index in [0.29, 0.717) is 0 Å². The van der Waals surface area contributed by atoms with Crippen LogP contribution in [0.2, 0.25) is 0 Å². The SMILES string of the molecule is c1ccc2c(c1)oc1c(-c3cc(CC4CC5CCC4CC5)ccn3)cccc12. The number of hydrogen-bond acceptors (Lipinski definition) is 2. The van der Waals surface area contributed by atoms with Crippen LogP contribution in [0.25, 0.3) is 33.2 Å². The molecule has 0 saturated heterocycles. The maximum Gasteiger partial charge on any atom is 0.144 e. The fourth-order valence-corrected chi connectivity index (χ4v) is 5.77. The molecule has 4 aromatic rings. The summed E-state index contributed by atoms with van der Waals surface area (Å²) in [5.41, 5.74) is 5.45. The van der Waals surface area contributed by atoms with Gasteiger partial charge in [-0.05, 0) is 73.3 Å². The molecular formula is C26H25NO. The number of benzene rings is 2. The van der Waals surface area contributed by atoms with Crippen LogP contribution in [0.3, 0.4) is 0 Å². The van der Waals surface area contributed by atoms with Gasteiger partial charge in [-0.25, -0.2) is 0 Å². The third kappa shape index (κ3) is 2.66. The van der Waals surface area contributed by atoms with Gasteiger partial charge in [-0.3, -0.25) is 4.98 Å². The molecule has 0 aliphatic heterocycles. The van der Waals surface area contributed by atoms with Gasteiger partial charge >= 0.3 is 0 Å². The molecule has 7 rings (SSSR count). The third-order valence-corrected chi connectivity index (χ3v) is 7.20. The predicted octanol–water partition coefficient (Wildman–Crippen LogP) is 7.02. The molecular weight excluding hydrogens is 342 g/mol. The Hall–Kier alpha value is -2.61. The zero-order valence-electron chi connectivity index (χ0n) is 16.1. The Morgan fingerprint density at radius 3 is 2.61 bits per heavy atom. The highest BCUT2D eigenvalue weighted by Gasteiger charge is 2.35. The monoisotopic (exact) mass is 367 g/mol. The van der Waals surface area contributed by atoms with Crippen LogP contribution in [0.4, 0.5) is 0 Å². The minimum atomic E-state index is 0.866. The number of rotatable bonds is 3. The normalized spacial score (nSPS) is 24.2. The van der Waals surface area contributed by atoms with E-state index in [1.807, 2.05) is 18.3 Å². The van der Waals surface area contributed by atoms with E-state index in [1.54, 1.807) is 0 Å². The fourth-order valence-electron chi connectivity index (χ4n) is 5.77. The van der Waals surface area contributed by atoms with Crippen molar-refractivity contribution in [1.82, 2.24) is 4.98 Å². The van der Waals surface area contributed by atoms with Crippen molar-refractivity contribution in [3.8, 4) is 11.3 Å². The maximum atomic E-state index is 6.23. The average molecular weight is 367 g/mol. The van der Waals surface area contributed by atoms with Gasteiger partial charge in [-0.1, -0.05) is 43.2 Å². The molecule has 0 amide bonds. The Labute approximate surface area is 165 Å². The lowest BCUT2D eigenvalue weighted by atomic mass is 9.63. The molecule has 3 saturated carbocycles. The molecule has 2 bridgehead atoms. The number of fused-ring (bicyclic) bond motifs is 6. The van der Waals surface area contributed by atoms with E-state index in [2.05, 4.69) is 42.5 Å². The van der Waals surface area contributed by atoms with Crippen molar-refractivity contribution in [1.29, 1.82) is 0 Å². The van der Waals surface area contributed by atoms with Crippen molar-refractivity contribution in [3.63, 3.8) is 0 Å². The zero-order chi connectivity index (χ0) is 18.5. The number of pyridine rings is 1. The summed E-state index contributed by atoms with van der Waals surface area (Å²) in [6.07, 6.45) is 10.5. The third-order valence-electron chi connectivity index (χ3n) is 7.20. The molecule has 0 radical (unpaired) electrons. The smallest absolute Gasteiger partial charge is 0.144 e. The van der Waals surface area contributed by atoms with E-state index in [0.717, 1.165) is 40.2 Å². The summed E-state index contributed by atoms with van der Waals surface area (Å²) >= 11 is 0. The Balaban J connectivity index is 1.38. The number of aromatic nitrogens is 1. The summed E-state index contributed by atoms with van der Waals surface area (Å²) in [5, 5.41) is 2.35. The first-order valence-electron chi connectivity index (χ1n) is 10.7. The summed E-state index contributed by atoms with van der Waals surface area (Å²) in [6, 6.07) is 19.2. The largest absolute Gasteiger partial charge is 0.455 e. The van der Waals surface area contributed by atoms with E-state index < -0.39 is 0 Å². The second-order valence-electron chi connectivity index (χ2n) is 8.81. The van der Waals surface area contributed by atoms with Gasteiger partial charge in [-0.15, -0.1) is 0 Å². The van der Waals surface area contributed by atoms with Gasteiger partial charge in [0.15, 0.2) is 0 Å². The highest BCUT2D eigenvalue weighted by atomic mass is 16.3. The quantitative estimate of drug-likeness (QED) is 0.389. The van der Waals surface area contributed by atoms with Crippen molar-refractivity contribution in [2.45, 2.75) is 38.5 Å². The Bertz CT molecular complexity index is 1150. The summed E-state index contributed by atoms with van der Waals surface area (Å²) in [7, 11) is 0. The van der Waals surface area contributed by atoms with Crippen molar-refractivity contribution in [3.05, 3.63) is 66.4 Å². The highest BCUT2D eigenvalue weighted by molar-refractivity contribution is 6.09. The molecule has 1 unspecified atom stereocenters. The predicted molar refractivity (Wildman–Crippen MR) is 114 cm³/mol. The molecule has 2 heterocycles. The first-order valence-corrected chi connectivity index (χ1v) is 10.7. The van der Waals surface area contributed by atoms with Gasteiger partial charge in [0.1, 0.15) is 11.2 Å². The summed E-state index contributed by atoms with van der Waals surface area (Å²) in [6.45, 7) is 0. The van der Waals surface area contributed by atoms with Crippen LogP contribution in [0.15, 0.2) is 65.2 Å². The maximum absolute atomic E-state index is 6.23. The lowest BCUT2D eigenvalue weighted by molar-refractivity contribution is 0.0991. The van der Waals surface area contributed by atoms with Crippen LogP contribution in [-0.2, 0) is 6.42 Å². The first kappa shape index (κ1) is 16.4. The van der Waals surface area contributed by atoms with Gasteiger partial charge in [0.05, 0.1) is 5.69 Å². The number of nitrogens with zero attached hydrogens (tertiary/aromatic N) is 1. The van der Waals surface area contributed by atoms with Gasteiger partial charge in [0.25, 0.3) is 0 Å². The van der Waals surface area contributed by atoms with E-state index in [9.17, 15) is 0 Å². The minimum absolute atomic E-state index is 0.866. The molecule has 0 spiro atoms. The van der Waals surface area contributed by atoms with E-state index >= 15 is 0 Å². The van der Waals surface area contributed by atoms with Gasteiger partial charge in [-0.2, -0.15) is 0 Å². The van der Waals surface area contributed by atoms with Gasteiger partial charge < -0.3 is 4.42 Å². The zero-order valence-corrected chi connectivity index (χ0v) is 16.1. The molecule has 3 aliphatic rings. The van der Waals surface area contributed by atoms with Crippen LogP contribution in [0.1, 0.15) is 37.7 Å². The molecule has 2 nitrogen and oxygen atoms in total. The minimum Gasteiger partial charge on any atom is -0.455 e. The lowest BCUT2D eigenvalue weighted by Gasteiger charge is -2.42. The van der Waals surface area contributed by atoms with Crippen LogP contribution in [0.5, 0.6) is 0 Å². The summed E-state index contributed by atoms with van der Waals surface area (Å²) < 4.78 is 6.23. The van der Waals surface area contributed by atoms with Crippen LogP contribution in [-0.4, -0.2) is 4.98 Å². The Kier molecular flexibility index (Phi) is 3.78. The molecule has 0 N–H and O–H groups in total. The molecule has 2 heteroatoms. The van der Waals surface area contributed by atoms with Gasteiger partial charge in [0, 0.05) is 22.5 Å². The Morgan fingerprint density at radius 2 is 1.75 bits per heavy atom.